The van der Waals surface area contributed by atoms with Gasteiger partial charge in [-0.2, -0.15) is 0 Å². The molecule has 6 heteroatoms. The van der Waals surface area contributed by atoms with Gasteiger partial charge in [-0.15, -0.1) is 0 Å². The first kappa shape index (κ1) is 20.7. The molecular formula is C21H31N5O. The van der Waals surface area contributed by atoms with E-state index < -0.39 is 0 Å². The molecule has 146 valence electrons. The Morgan fingerprint density at radius 3 is 2.41 bits per heavy atom. The van der Waals surface area contributed by atoms with Crippen molar-refractivity contribution in [2.45, 2.75) is 26.9 Å². The number of hydrogen-bond donors (Lipinski definition) is 2. The largest absolute Gasteiger partial charge is 0.492 e. The summed E-state index contributed by atoms with van der Waals surface area (Å²) in [4.78, 5) is 10.9. The Hall–Kier alpha value is -2.60. The molecule has 0 amide bonds. The monoisotopic (exact) mass is 369 g/mol. The topological polar surface area (TPSA) is 61.8 Å². The van der Waals surface area contributed by atoms with Crippen LogP contribution in [0.1, 0.15) is 25.1 Å². The first-order valence-electron chi connectivity index (χ1n) is 9.53. The van der Waals surface area contributed by atoms with Gasteiger partial charge in [0.05, 0.1) is 12.2 Å². The normalized spacial score (nSPS) is 11.5. The quantitative estimate of drug-likeness (QED) is 0.498. The standard InChI is InChI=1S/C21H31N5O/c1-4-26(5-2)14-15-27-20-11-9-18(10-12-20)16-24-21(22-3)25-17-19-8-6-7-13-23-19/h6-13H,4-5,14-17H2,1-3H3,(H2,22,24,25). The Labute approximate surface area is 162 Å². The highest BCUT2D eigenvalue weighted by molar-refractivity contribution is 5.79. The van der Waals surface area contributed by atoms with Crippen LogP contribution in [-0.2, 0) is 13.1 Å². The average molecular weight is 370 g/mol. The highest BCUT2D eigenvalue weighted by Gasteiger charge is 2.02. The Kier molecular flexibility index (Phi) is 9.13. The molecule has 2 N–H and O–H groups in total. The first-order valence-corrected chi connectivity index (χ1v) is 9.53. The summed E-state index contributed by atoms with van der Waals surface area (Å²) in [5.74, 6) is 1.66. The molecular weight excluding hydrogens is 338 g/mol. The van der Waals surface area contributed by atoms with E-state index in [0.717, 1.165) is 37.0 Å². The van der Waals surface area contributed by atoms with Gasteiger partial charge in [0, 0.05) is 26.3 Å². The number of aliphatic imine (C=N–C) groups is 1. The van der Waals surface area contributed by atoms with Crippen molar-refractivity contribution in [3.8, 4) is 5.75 Å². The summed E-state index contributed by atoms with van der Waals surface area (Å²) in [6.07, 6.45) is 1.79. The van der Waals surface area contributed by atoms with Gasteiger partial charge in [-0.25, -0.2) is 0 Å². The summed E-state index contributed by atoms with van der Waals surface area (Å²) in [6, 6.07) is 14.1. The van der Waals surface area contributed by atoms with Crippen LogP contribution < -0.4 is 15.4 Å². The maximum atomic E-state index is 5.82. The van der Waals surface area contributed by atoms with E-state index in [0.29, 0.717) is 19.7 Å². The SMILES string of the molecule is CCN(CC)CCOc1ccc(CNC(=NC)NCc2ccccn2)cc1. The van der Waals surface area contributed by atoms with Crippen molar-refractivity contribution in [3.05, 3.63) is 59.9 Å². The van der Waals surface area contributed by atoms with Crippen LogP contribution >= 0.6 is 0 Å². The van der Waals surface area contributed by atoms with Gasteiger partial charge >= 0.3 is 0 Å². The Balaban J connectivity index is 1.73. The van der Waals surface area contributed by atoms with Crippen molar-refractivity contribution in [1.29, 1.82) is 0 Å². The van der Waals surface area contributed by atoms with Crippen molar-refractivity contribution in [2.75, 3.05) is 33.3 Å². The van der Waals surface area contributed by atoms with Crippen LogP contribution in [0.3, 0.4) is 0 Å². The van der Waals surface area contributed by atoms with Gasteiger partial charge < -0.3 is 20.3 Å². The van der Waals surface area contributed by atoms with Crippen LogP contribution in [0.2, 0.25) is 0 Å². The predicted molar refractivity (Wildman–Crippen MR) is 111 cm³/mol. The number of rotatable bonds is 10. The second-order valence-electron chi connectivity index (χ2n) is 6.12. The zero-order chi connectivity index (χ0) is 19.3. The van der Waals surface area contributed by atoms with Crippen LogP contribution in [0, 0.1) is 0 Å². The first-order chi connectivity index (χ1) is 13.2. The minimum atomic E-state index is 0.639. The summed E-state index contributed by atoms with van der Waals surface area (Å²) >= 11 is 0. The summed E-state index contributed by atoms with van der Waals surface area (Å²) < 4.78 is 5.82. The Bertz CT molecular complexity index is 669. The van der Waals surface area contributed by atoms with E-state index >= 15 is 0 Å². The lowest BCUT2D eigenvalue weighted by atomic mass is 10.2. The number of ether oxygens (including phenoxy) is 1. The van der Waals surface area contributed by atoms with Crippen LogP contribution in [0.4, 0.5) is 0 Å². The molecule has 27 heavy (non-hydrogen) atoms. The van der Waals surface area contributed by atoms with Crippen molar-refractivity contribution < 1.29 is 4.74 Å². The number of likely N-dealkylation sites (N-methyl/N-ethyl adjacent to an activating group) is 1. The zero-order valence-corrected chi connectivity index (χ0v) is 16.6. The van der Waals surface area contributed by atoms with E-state index in [4.69, 9.17) is 4.74 Å². The van der Waals surface area contributed by atoms with Gasteiger partial charge in [-0.3, -0.25) is 9.98 Å². The number of hydrogen-bond acceptors (Lipinski definition) is 4. The minimum Gasteiger partial charge on any atom is -0.492 e. The van der Waals surface area contributed by atoms with Crippen LogP contribution in [0.25, 0.3) is 0 Å². The van der Waals surface area contributed by atoms with E-state index in [1.54, 1.807) is 13.2 Å². The Morgan fingerprint density at radius 2 is 1.78 bits per heavy atom. The molecule has 2 aromatic rings. The number of nitrogens with zero attached hydrogens (tertiary/aromatic N) is 3. The molecule has 0 radical (unpaired) electrons. The number of pyridine rings is 1. The third-order valence-corrected chi connectivity index (χ3v) is 4.34. The molecule has 0 aliphatic heterocycles. The number of nitrogens with one attached hydrogen (secondary N) is 2. The Morgan fingerprint density at radius 1 is 1.04 bits per heavy atom. The third kappa shape index (κ3) is 7.66. The van der Waals surface area contributed by atoms with Gasteiger partial charge in [0.1, 0.15) is 12.4 Å². The van der Waals surface area contributed by atoms with Crippen LogP contribution in [0.15, 0.2) is 53.7 Å². The fourth-order valence-electron chi connectivity index (χ4n) is 2.62. The molecule has 6 nitrogen and oxygen atoms in total. The number of aromatic nitrogens is 1. The van der Waals surface area contributed by atoms with E-state index in [9.17, 15) is 0 Å². The molecule has 1 aromatic carbocycles. The molecule has 0 spiro atoms. The molecule has 1 aromatic heterocycles. The van der Waals surface area contributed by atoms with Crippen LogP contribution in [0.5, 0.6) is 5.75 Å². The maximum Gasteiger partial charge on any atom is 0.191 e. The number of guanidine groups is 1. The summed E-state index contributed by atoms with van der Waals surface area (Å²) in [7, 11) is 1.76. The van der Waals surface area contributed by atoms with Gasteiger partial charge in [-0.1, -0.05) is 32.0 Å². The molecule has 0 aliphatic rings. The van der Waals surface area contributed by atoms with Gasteiger partial charge in [0.15, 0.2) is 5.96 Å². The lowest BCUT2D eigenvalue weighted by Gasteiger charge is -2.18. The lowest BCUT2D eigenvalue weighted by molar-refractivity contribution is 0.223. The zero-order valence-electron chi connectivity index (χ0n) is 16.6. The van der Waals surface area contributed by atoms with Gasteiger partial charge in [0.25, 0.3) is 0 Å². The van der Waals surface area contributed by atoms with Gasteiger partial charge in [-0.05, 0) is 42.9 Å². The molecule has 0 unspecified atom stereocenters. The van der Waals surface area contributed by atoms with E-state index in [-0.39, 0.29) is 0 Å². The second kappa shape index (κ2) is 11.9. The van der Waals surface area contributed by atoms with E-state index in [1.807, 2.05) is 30.3 Å². The highest BCUT2D eigenvalue weighted by atomic mass is 16.5. The fraction of sp³-hybridized carbons (Fsp3) is 0.429. The van der Waals surface area contributed by atoms with Crippen molar-refractivity contribution >= 4 is 5.96 Å². The molecule has 0 bridgehead atoms. The maximum absolute atomic E-state index is 5.82. The van der Waals surface area contributed by atoms with Crippen molar-refractivity contribution in [2.24, 2.45) is 4.99 Å². The van der Waals surface area contributed by atoms with E-state index in [1.165, 1.54) is 5.56 Å². The molecule has 0 fully saturated rings. The molecule has 1 heterocycles. The molecule has 0 atom stereocenters. The van der Waals surface area contributed by atoms with E-state index in [2.05, 4.69) is 51.5 Å². The molecule has 2 rings (SSSR count). The second-order valence-corrected chi connectivity index (χ2v) is 6.12. The average Bonchev–Trinajstić information content (AvgIpc) is 2.73. The summed E-state index contributed by atoms with van der Waals surface area (Å²) in [6.45, 7) is 9.45. The lowest BCUT2D eigenvalue weighted by Crippen LogP contribution is -2.36. The summed E-state index contributed by atoms with van der Waals surface area (Å²) in [5, 5.41) is 6.58. The smallest absolute Gasteiger partial charge is 0.191 e. The molecule has 0 saturated carbocycles. The van der Waals surface area contributed by atoms with Crippen molar-refractivity contribution in [1.82, 2.24) is 20.5 Å². The van der Waals surface area contributed by atoms with Crippen molar-refractivity contribution in [3.63, 3.8) is 0 Å². The number of benzene rings is 1. The van der Waals surface area contributed by atoms with Crippen LogP contribution in [-0.4, -0.2) is 49.1 Å². The predicted octanol–water partition coefficient (Wildman–Crippen LogP) is 2.67. The molecule has 0 saturated heterocycles. The minimum absolute atomic E-state index is 0.639. The fourth-order valence-corrected chi connectivity index (χ4v) is 2.62. The highest BCUT2D eigenvalue weighted by Crippen LogP contribution is 2.12. The molecule has 0 aliphatic carbocycles. The van der Waals surface area contributed by atoms with Gasteiger partial charge in [0.2, 0.25) is 0 Å². The third-order valence-electron chi connectivity index (χ3n) is 4.34. The summed E-state index contributed by atoms with van der Waals surface area (Å²) in [5.41, 5.74) is 2.15.